The molecule has 6 aromatic carbocycles. The van der Waals surface area contributed by atoms with E-state index in [1.54, 1.807) is 12.1 Å². The maximum absolute atomic E-state index is 8.67. The molecule has 0 fully saturated rings. The summed E-state index contributed by atoms with van der Waals surface area (Å²) in [5, 5.41) is 3.52. The van der Waals surface area contributed by atoms with Crippen molar-refractivity contribution < 1.29 is 11.3 Å². The summed E-state index contributed by atoms with van der Waals surface area (Å²) in [6.07, 6.45) is 0. The smallest absolute Gasteiger partial charge is 0.238 e. The molecular formula is C39H24N4O. The van der Waals surface area contributed by atoms with E-state index in [9.17, 15) is 0 Å². The van der Waals surface area contributed by atoms with Crippen LogP contribution in [0, 0.1) is 0 Å². The lowest BCUT2D eigenvalue weighted by Gasteiger charge is -2.11. The van der Waals surface area contributed by atoms with Gasteiger partial charge in [0.15, 0.2) is 11.6 Å². The molecule has 3 aromatic heterocycles. The van der Waals surface area contributed by atoms with Crippen molar-refractivity contribution in [3.8, 4) is 39.9 Å². The molecule has 0 radical (unpaired) electrons. The van der Waals surface area contributed by atoms with Crippen LogP contribution in [0.3, 0.4) is 0 Å². The van der Waals surface area contributed by atoms with Crippen LogP contribution in [0.25, 0.3) is 83.6 Å². The van der Waals surface area contributed by atoms with Gasteiger partial charge in [-0.2, -0.15) is 9.97 Å². The van der Waals surface area contributed by atoms with E-state index < -0.39 is 18.1 Å². The second-order valence-corrected chi connectivity index (χ2v) is 10.5. The SMILES string of the molecule is [2H]c1c([2H])c([2H])c(-c2cccc3oc4ccc(-c5nc(-c6ccccc6)nc(-n6c7ccccc7c7ccccc76)n5)cc4c23)c([2H])c1[2H]. The van der Waals surface area contributed by atoms with Crippen molar-refractivity contribution in [3.05, 3.63) is 145 Å². The number of rotatable bonds is 4. The van der Waals surface area contributed by atoms with Gasteiger partial charge in [-0.1, -0.05) is 109 Å². The van der Waals surface area contributed by atoms with Crippen LogP contribution in [0.2, 0.25) is 0 Å². The van der Waals surface area contributed by atoms with Crippen LogP contribution in [0.4, 0.5) is 0 Å². The lowest BCUT2D eigenvalue weighted by molar-refractivity contribution is 0.669. The molecule has 0 aliphatic carbocycles. The number of para-hydroxylation sites is 2. The first-order valence-corrected chi connectivity index (χ1v) is 14.2. The lowest BCUT2D eigenvalue weighted by atomic mass is 9.99. The van der Waals surface area contributed by atoms with Crippen molar-refractivity contribution >= 4 is 43.7 Å². The number of benzene rings is 6. The van der Waals surface area contributed by atoms with Gasteiger partial charge in [0, 0.05) is 32.7 Å². The van der Waals surface area contributed by atoms with E-state index >= 15 is 0 Å². The molecule has 9 aromatic rings. The highest BCUT2D eigenvalue weighted by Crippen LogP contribution is 2.38. The van der Waals surface area contributed by atoms with Crippen LogP contribution in [-0.4, -0.2) is 19.5 Å². The Kier molecular flexibility index (Phi) is 4.42. The maximum Gasteiger partial charge on any atom is 0.238 e. The highest BCUT2D eigenvalue weighted by Gasteiger charge is 2.19. The standard InChI is InChI=1S/C39H24N4O/c1-3-12-25(13-4-1)28-18-11-21-35-36(28)31-24-27(22-23-34(31)44-35)38-40-37(26-14-5-2-6-15-26)41-39(42-38)43-32-19-9-7-16-29(32)30-17-8-10-20-33(30)43/h1-24H/i1D,3D,4D,12D,13D. The molecule has 0 unspecified atom stereocenters. The van der Waals surface area contributed by atoms with Gasteiger partial charge in [0.1, 0.15) is 11.2 Å². The third kappa shape index (κ3) is 3.83. The summed E-state index contributed by atoms with van der Waals surface area (Å²) < 4.78 is 50.3. The van der Waals surface area contributed by atoms with Crippen LogP contribution >= 0.6 is 0 Å². The summed E-state index contributed by atoms with van der Waals surface area (Å²) in [6.45, 7) is 0. The summed E-state index contributed by atoms with van der Waals surface area (Å²) in [4.78, 5) is 15.0. The third-order valence-electron chi connectivity index (χ3n) is 7.96. The monoisotopic (exact) mass is 569 g/mol. The fraction of sp³-hybridized carbons (Fsp3) is 0. The second kappa shape index (κ2) is 9.75. The topological polar surface area (TPSA) is 56.7 Å². The van der Waals surface area contributed by atoms with Gasteiger partial charge < -0.3 is 4.42 Å². The average molecular weight is 570 g/mol. The minimum atomic E-state index is -0.437. The van der Waals surface area contributed by atoms with Gasteiger partial charge in [0.25, 0.3) is 0 Å². The van der Waals surface area contributed by atoms with E-state index in [2.05, 4.69) is 28.8 Å². The number of nitrogens with zero attached hydrogens (tertiary/aromatic N) is 4. The molecule has 0 spiro atoms. The predicted octanol–water partition coefficient (Wildman–Crippen LogP) is 9.87. The highest BCUT2D eigenvalue weighted by molar-refractivity contribution is 6.13. The maximum atomic E-state index is 8.67. The molecule has 0 aliphatic rings. The molecule has 5 nitrogen and oxygen atoms in total. The normalized spacial score (nSPS) is 13.2. The highest BCUT2D eigenvalue weighted by atomic mass is 16.3. The molecule has 0 saturated heterocycles. The van der Waals surface area contributed by atoms with Crippen molar-refractivity contribution in [2.75, 3.05) is 0 Å². The minimum Gasteiger partial charge on any atom is -0.456 e. The van der Waals surface area contributed by atoms with Crippen molar-refractivity contribution in [1.29, 1.82) is 0 Å². The molecular weight excluding hydrogens is 540 g/mol. The summed E-state index contributed by atoms with van der Waals surface area (Å²) in [6, 6.07) is 35.4. The number of hydrogen-bond acceptors (Lipinski definition) is 4. The van der Waals surface area contributed by atoms with Gasteiger partial charge in [0.2, 0.25) is 5.95 Å². The number of hydrogen-bond donors (Lipinski definition) is 0. The molecule has 0 aliphatic heterocycles. The van der Waals surface area contributed by atoms with Crippen LogP contribution in [-0.2, 0) is 0 Å². The summed E-state index contributed by atoms with van der Waals surface area (Å²) in [7, 11) is 0. The van der Waals surface area contributed by atoms with Gasteiger partial charge in [-0.05, 0) is 47.5 Å². The molecule has 0 atom stereocenters. The van der Waals surface area contributed by atoms with E-state index in [1.165, 1.54) is 0 Å². The van der Waals surface area contributed by atoms with Crippen molar-refractivity contribution in [2.45, 2.75) is 0 Å². The molecule has 206 valence electrons. The fourth-order valence-electron chi connectivity index (χ4n) is 6.01. The van der Waals surface area contributed by atoms with Crippen LogP contribution in [0.5, 0.6) is 0 Å². The Labute approximate surface area is 259 Å². The van der Waals surface area contributed by atoms with E-state index in [4.69, 9.17) is 26.2 Å². The summed E-state index contributed by atoms with van der Waals surface area (Å²) in [5.41, 5.74) is 5.20. The largest absolute Gasteiger partial charge is 0.456 e. The van der Waals surface area contributed by atoms with Crippen LogP contribution < -0.4 is 0 Å². The number of fused-ring (bicyclic) bond motifs is 6. The van der Waals surface area contributed by atoms with E-state index in [1.807, 2.05) is 78.9 Å². The van der Waals surface area contributed by atoms with E-state index in [0.29, 0.717) is 50.7 Å². The molecule has 0 saturated carbocycles. The van der Waals surface area contributed by atoms with Gasteiger partial charge in [-0.3, -0.25) is 4.57 Å². The Morgan fingerprint density at radius 1 is 0.523 bits per heavy atom. The van der Waals surface area contributed by atoms with Crippen molar-refractivity contribution in [3.63, 3.8) is 0 Å². The zero-order valence-corrected chi connectivity index (χ0v) is 23.2. The van der Waals surface area contributed by atoms with Gasteiger partial charge in [-0.25, -0.2) is 4.98 Å². The molecule has 5 heteroatoms. The fourth-order valence-corrected chi connectivity index (χ4v) is 6.01. The number of furan rings is 1. The summed E-state index contributed by atoms with van der Waals surface area (Å²) in [5.74, 6) is 1.43. The van der Waals surface area contributed by atoms with E-state index in [-0.39, 0.29) is 17.6 Å². The Bertz CT molecular complexity index is 2710. The quantitative estimate of drug-likeness (QED) is 0.212. The Morgan fingerprint density at radius 2 is 1.20 bits per heavy atom. The first kappa shape index (κ1) is 19.9. The second-order valence-electron chi connectivity index (χ2n) is 10.5. The minimum absolute atomic E-state index is 0.116. The molecule has 3 heterocycles. The van der Waals surface area contributed by atoms with Crippen LogP contribution in [0.15, 0.2) is 150 Å². The van der Waals surface area contributed by atoms with Crippen molar-refractivity contribution in [1.82, 2.24) is 19.5 Å². The summed E-state index contributed by atoms with van der Waals surface area (Å²) >= 11 is 0. The lowest BCUT2D eigenvalue weighted by Crippen LogP contribution is -2.06. The zero-order valence-electron chi connectivity index (χ0n) is 28.2. The first-order chi connectivity index (χ1) is 23.9. The first-order valence-electron chi connectivity index (χ1n) is 16.7. The Hall–Kier alpha value is -6.07. The average Bonchev–Trinajstić information content (AvgIpc) is 3.69. The van der Waals surface area contributed by atoms with Gasteiger partial charge in [-0.15, -0.1) is 0 Å². The van der Waals surface area contributed by atoms with Gasteiger partial charge >= 0.3 is 0 Å². The molecule has 0 bridgehead atoms. The van der Waals surface area contributed by atoms with Crippen LogP contribution in [0.1, 0.15) is 6.85 Å². The molecule has 0 amide bonds. The predicted molar refractivity (Wildman–Crippen MR) is 178 cm³/mol. The Balaban J connectivity index is 1.32. The molecule has 9 rings (SSSR count). The van der Waals surface area contributed by atoms with E-state index in [0.717, 1.165) is 27.4 Å². The molecule has 0 N–H and O–H groups in total. The van der Waals surface area contributed by atoms with Crippen molar-refractivity contribution in [2.24, 2.45) is 0 Å². The Morgan fingerprint density at radius 3 is 1.95 bits per heavy atom. The number of aromatic nitrogens is 4. The molecule has 44 heavy (non-hydrogen) atoms. The van der Waals surface area contributed by atoms with Gasteiger partial charge in [0.05, 0.1) is 17.9 Å². The zero-order chi connectivity index (χ0) is 33.4. The third-order valence-corrected chi connectivity index (χ3v) is 7.96.